The lowest BCUT2D eigenvalue weighted by Gasteiger charge is -2.10. The second-order valence-electron chi connectivity index (χ2n) is 23.8. The van der Waals surface area contributed by atoms with Crippen molar-refractivity contribution in [3.8, 4) is 0 Å². The normalized spacial score (nSPS) is 12.2. The van der Waals surface area contributed by atoms with E-state index in [1.807, 2.05) is 147 Å². The van der Waals surface area contributed by atoms with Crippen molar-refractivity contribution in [2.75, 3.05) is 0 Å². The van der Waals surface area contributed by atoms with Crippen LogP contribution in [0.15, 0.2) is 287 Å². The van der Waals surface area contributed by atoms with Gasteiger partial charge in [-0.1, -0.05) is 179 Å². The maximum absolute atomic E-state index is 7.57. The average molecular weight is 1230 g/mol. The first-order chi connectivity index (χ1) is 50.4. The molecule has 0 saturated heterocycles. The third-order valence-corrected chi connectivity index (χ3v) is 18.1. The van der Waals surface area contributed by atoms with E-state index in [2.05, 4.69) is 173 Å². The summed E-state index contributed by atoms with van der Waals surface area (Å²) >= 11 is 0. The quantitative estimate of drug-likeness (QED) is 0.138. The van der Waals surface area contributed by atoms with Crippen molar-refractivity contribution in [1.29, 1.82) is 0 Å². The molecular formula is C87H64N8. The Morgan fingerprint density at radius 1 is 0.200 bits per heavy atom. The fourth-order valence-corrected chi connectivity index (χ4v) is 13.8. The lowest BCUT2D eigenvalue weighted by Crippen LogP contribution is -1.86. The molecule has 0 spiro atoms. The zero-order valence-electron chi connectivity index (χ0n) is 58.7. The molecule has 20 aromatic rings. The van der Waals surface area contributed by atoms with Gasteiger partial charge in [0.1, 0.15) is 0 Å². The number of rotatable bonds is 0. The topological polar surface area (TPSA) is 103 Å². The molecule has 0 saturated carbocycles. The molecule has 20 rings (SSSR count). The molecule has 0 N–H and O–H groups in total. The molecule has 0 bridgehead atoms. The molecule has 12 aromatic carbocycles. The molecule has 95 heavy (non-hydrogen) atoms. The molecular weight excluding hydrogens is 1160 g/mol. The first-order valence-corrected chi connectivity index (χ1v) is 31.3. The van der Waals surface area contributed by atoms with Gasteiger partial charge in [-0.05, 0) is 180 Å². The highest BCUT2D eigenvalue weighted by atomic mass is 14.7. The number of hydrogen-bond acceptors (Lipinski definition) is 8. The third-order valence-electron chi connectivity index (χ3n) is 18.1. The van der Waals surface area contributed by atoms with Crippen molar-refractivity contribution in [1.82, 2.24) is 39.9 Å². The van der Waals surface area contributed by atoms with Gasteiger partial charge in [0, 0.05) is 150 Å². The van der Waals surface area contributed by atoms with Crippen LogP contribution in [0.4, 0.5) is 0 Å². The molecule has 452 valence electrons. The van der Waals surface area contributed by atoms with Gasteiger partial charge < -0.3 is 0 Å². The van der Waals surface area contributed by atoms with E-state index in [0.29, 0.717) is 34.5 Å². The second kappa shape index (κ2) is 24.4. The highest BCUT2D eigenvalue weighted by Crippen LogP contribution is 2.40. The molecule has 0 fully saturated rings. The number of fused-ring (bicyclic) bond motifs is 30. The predicted octanol–water partition coefficient (Wildman–Crippen LogP) is 22.7. The number of benzene rings is 12. The molecule has 0 aliphatic rings. The van der Waals surface area contributed by atoms with E-state index in [-0.39, 0.29) is 0 Å². The lowest BCUT2D eigenvalue weighted by molar-refractivity contribution is 1.35. The van der Waals surface area contributed by atoms with Gasteiger partial charge in [-0.25, -0.2) is 0 Å². The molecule has 0 atom stereocenters. The average Bonchev–Trinajstić information content (AvgIpc) is 0.781. The summed E-state index contributed by atoms with van der Waals surface area (Å²) < 4.78 is 47.8. The Bertz CT molecular complexity index is 5480. The highest BCUT2D eigenvalue weighted by molar-refractivity contribution is 6.29. The molecule has 8 heteroatoms. The van der Waals surface area contributed by atoms with Crippen molar-refractivity contribution in [3.05, 3.63) is 315 Å². The summed E-state index contributed by atoms with van der Waals surface area (Å²) in [6.07, 6.45) is 26.0. The molecule has 0 radical (unpaired) electrons. The van der Waals surface area contributed by atoms with Crippen LogP contribution >= 0.6 is 0 Å². The van der Waals surface area contributed by atoms with Crippen LogP contribution < -0.4 is 0 Å². The van der Waals surface area contributed by atoms with Gasteiger partial charge in [0.2, 0.25) is 0 Å². The SMILES string of the molecule is [2H]Cc1ccc2c(c1)c1cnccc1c1ncccc21.[2H]Cc1ccc2c3ccccc3c3ccncc3c2c1.[2H]Cc1ccc2c3ccccc3c3ncccc3c2c1.[2H]Cc1ccc2c3ccncc3c3ccncc3c2c1.[2H]Cc1ccc2c3ccncc3c3cnccc3c2c1.[2H][2H]. The van der Waals surface area contributed by atoms with Crippen LogP contribution in [0.2, 0.25) is 0 Å². The minimum atomic E-state index is 0.294. The Kier molecular flexibility index (Phi) is 13.2. The summed E-state index contributed by atoms with van der Waals surface area (Å²) in [5.74, 6) is 0. The van der Waals surface area contributed by atoms with Crippen molar-refractivity contribution < 1.29 is 9.82 Å². The van der Waals surface area contributed by atoms with Gasteiger partial charge >= 0.3 is 0 Å². The Hall–Kier alpha value is -12.3. The number of nitrogens with zero attached hydrogens (tertiary/aromatic N) is 8. The predicted molar refractivity (Wildman–Crippen MR) is 403 cm³/mol. The minimum absolute atomic E-state index is 0.294. The molecule has 8 heterocycles. The van der Waals surface area contributed by atoms with Crippen molar-refractivity contribution in [2.45, 2.75) is 34.5 Å². The fraction of sp³-hybridized carbons (Fsp3) is 0.0575. The van der Waals surface area contributed by atoms with Crippen LogP contribution in [0.3, 0.4) is 0 Å². The van der Waals surface area contributed by atoms with Gasteiger partial charge in [-0.2, -0.15) is 0 Å². The lowest BCUT2D eigenvalue weighted by atomic mass is 9.94. The van der Waals surface area contributed by atoms with Crippen molar-refractivity contribution in [2.24, 2.45) is 0 Å². The molecule has 0 amide bonds. The van der Waals surface area contributed by atoms with E-state index in [9.17, 15) is 0 Å². The molecule has 8 nitrogen and oxygen atoms in total. The summed E-state index contributed by atoms with van der Waals surface area (Å²) in [5.41, 5.74) is 7.20. The van der Waals surface area contributed by atoms with Crippen LogP contribution in [0.1, 0.15) is 37.6 Å². The summed E-state index contributed by atoms with van der Waals surface area (Å²) in [7, 11) is 0. The maximum atomic E-state index is 7.57. The van der Waals surface area contributed by atoms with Gasteiger partial charge in [0.15, 0.2) is 0 Å². The number of aromatic nitrogens is 8. The van der Waals surface area contributed by atoms with E-state index in [4.69, 9.17) is 9.82 Å². The monoisotopic (exact) mass is 1230 g/mol. The molecule has 0 aliphatic carbocycles. The zero-order valence-corrected chi connectivity index (χ0v) is 51.7. The smallest absolute Gasteiger partial charge is 0.0787 e. The van der Waals surface area contributed by atoms with Gasteiger partial charge in [0.25, 0.3) is 0 Å². The summed E-state index contributed by atoms with van der Waals surface area (Å²) in [6, 6.07) is 68.6. The standard InChI is InChI=1S/2C18H13N.3C17H12N2.H2/c1-12-8-9-14-13-5-2-3-6-15(13)18-16(17(14)11-12)7-4-10-19-18;1-12-6-7-15-13-4-2-3-5-14(13)16-8-9-19-11-18(16)17(15)10-12;1-11-2-3-12-13-4-6-18-9-16(13)14-5-7-19-10-17(14)15(12)8-11;1-11-2-3-12-13-4-6-18-9-16(13)17-10-19-7-5-14(17)15(12)8-11;1-11-4-5-12-13-3-2-7-19-17(13)14-6-8-18-10-16(14)15(12)9-11;/h2*2-11H,1H3;3*2-10H,1H3;1H/i5*1D;1+1D. The van der Waals surface area contributed by atoms with E-state index < -0.39 is 0 Å². The third kappa shape index (κ3) is 10.5. The van der Waals surface area contributed by atoms with Gasteiger partial charge in [-0.15, -0.1) is 0 Å². The number of pyridine rings is 8. The van der Waals surface area contributed by atoms with Crippen LogP contribution in [0.25, 0.3) is 162 Å². The molecule has 0 aliphatic heterocycles. The number of hydrogen-bond donors (Lipinski definition) is 0. The van der Waals surface area contributed by atoms with E-state index >= 15 is 0 Å². The van der Waals surface area contributed by atoms with Crippen LogP contribution in [-0.2, 0) is 0 Å². The molecule has 8 aromatic heterocycles. The Labute approximate surface area is 558 Å². The Morgan fingerprint density at radius 3 is 0.758 bits per heavy atom. The van der Waals surface area contributed by atoms with Crippen LogP contribution in [-0.4, -0.2) is 39.9 Å². The fourth-order valence-electron chi connectivity index (χ4n) is 13.8. The summed E-state index contributed by atoms with van der Waals surface area (Å²) in [5, 5.41) is 33.0. The van der Waals surface area contributed by atoms with Crippen LogP contribution in [0, 0.1) is 34.5 Å². The zero-order chi connectivity index (χ0) is 69.6. The molecule has 0 unspecified atom stereocenters. The highest BCUT2D eigenvalue weighted by Gasteiger charge is 2.14. The minimum Gasteiger partial charge on any atom is -0.264 e. The van der Waals surface area contributed by atoms with Gasteiger partial charge in [-0.3, -0.25) is 39.9 Å². The number of aryl methyl sites for hydroxylation is 5. The van der Waals surface area contributed by atoms with E-state index in [1.165, 1.54) is 86.2 Å². The Morgan fingerprint density at radius 2 is 0.400 bits per heavy atom. The Balaban J connectivity index is 0.000000102. The summed E-state index contributed by atoms with van der Waals surface area (Å²) in [6.45, 7) is 1.51. The summed E-state index contributed by atoms with van der Waals surface area (Å²) in [4.78, 5) is 34.6. The van der Waals surface area contributed by atoms with Crippen molar-refractivity contribution >= 4 is 162 Å². The largest absolute Gasteiger partial charge is 0.264 e. The first-order valence-electron chi connectivity index (χ1n) is 35.8. The first kappa shape index (κ1) is 51.4. The van der Waals surface area contributed by atoms with E-state index in [0.717, 1.165) is 103 Å². The van der Waals surface area contributed by atoms with Gasteiger partial charge in [0.05, 0.1) is 11.0 Å². The maximum Gasteiger partial charge on any atom is 0.0787 e. The van der Waals surface area contributed by atoms with E-state index in [1.54, 1.807) is 6.20 Å². The van der Waals surface area contributed by atoms with Crippen LogP contribution in [0.5, 0.6) is 0 Å². The second-order valence-corrected chi connectivity index (χ2v) is 23.8. The van der Waals surface area contributed by atoms with Crippen molar-refractivity contribution in [3.63, 3.8) is 0 Å².